The van der Waals surface area contributed by atoms with Crippen LogP contribution in [0.25, 0.3) is 0 Å². The highest BCUT2D eigenvalue weighted by molar-refractivity contribution is 7.92. The summed E-state index contributed by atoms with van der Waals surface area (Å²) in [5.74, 6) is -2.61. The number of piperidine rings is 1. The van der Waals surface area contributed by atoms with Crippen LogP contribution in [-0.2, 0) is 19.6 Å². The smallest absolute Gasteiger partial charge is 0.337 e. The van der Waals surface area contributed by atoms with Gasteiger partial charge in [-0.15, -0.1) is 0 Å². The van der Waals surface area contributed by atoms with Gasteiger partial charge in [0.2, 0.25) is 0 Å². The minimum atomic E-state index is -4.10. The summed E-state index contributed by atoms with van der Waals surface area (Å²) in [4.78, 5) is 25.5. The van der Waals surface area contributed by atoms with E-state index in [1.54, 1.807) is 11.8 Å². The molecule has 0 aliphatic carbocycles. The molecule has 10 heteroatoms. The maximum atomic E-state index is 13.4. The lowest BCUT2D eigenvalue weighted by molar-refractivity contribution is -0.148. The number of aromatic carboxylic acids is 1. The van der Waals surface area contributed by atoms with Crippen LogP contribution in [0.5, 0.6) is 0 Å². The predicted octanol–water partition coefficient (Wildman–Crippen LogP) is 3.10. The highest BCUT2D eigenvalue weighted by atomic mass is 32.2. The maximum Gasteiger partial charge on any atom is 0.337 e. The molecule has 1 fully saturated rings. The number of ether oxygens (including phenoxy) is 1. The highest BCUT2D eigenvalue weighted by Gasteiger charge is 2.29. The Bertz CT molecular complexity index is 1090. The molecule has 8 nitrogen and oxygen atoms in total. The minimum absolute atomic E-state index is 0.0318. The summed E-state index contributed by atoms with van der Waals surface area (Å²) in [6.07, 6.45) is 1.35. The molecule has 0 saturated carbocycles. The number of carbonyl (C=O) groups is 2. The van der Waals surface area contributed by atoms with Gasteiger partial charge in [-0.05, 0) is 56.2 Å². The Hall–Kier alpha value is -3.14. The Morgan fingerprint density at radius 3 is 2.71 bits per heavy atom. The van der Waals surface area contributed by atoms with E-state index in [2.05, 4.69) is 4.72 Å². The van der Waals surface area contributed by atoms with E-state index >= 15 is 0 Å². The largest absolute Gasteiger partial charge is 0.478 e. The number of hydrogen-bond acceptors (Lipinski definition) is 6. The lowest BCUT2D eigenvalue weighted by Crippen LogP contribution is -2.40. The summed E-state index contributed by atoms with van der Waals surface area (Å²) >= 11 is 0. The van der Waals surface area contributed by atoms with Crippen molar-refractivity contribution in [1.82, 2.24) is 0 Å². The monoisotopic (exact) mass is 450 g/mol. The first kappa shape index (κ1) is 22.5. The van der Waals surface area contributed by atoms with Gasteiger partial charge in [-0.2, -0.15) is 0 Å². The molecule has 166 valence electrons. The van der Waals surface area contributed by atoms with Gasteiger partial charge in [0.25, 0.3) is 10.0 Å². The van der Waals surface area contributed by atoms with Gasteiger partial charge in [-0.25, -0.2) is 17.6 Å². The van der Waals surface area contributed by atoms with E-state index in [0.717, 1.165) is 12.1 Å². The number of sulfonamides is 1. The quantitative estimate of drug-likeness (QED) is 0.623. The first-order valence-electron chi connectivity index (χ1n) is 9.78. The Kier molecular flexibility index (Phi) is 6.79. The molecule has 3 rings (SSSR count). The second kappa shape index (κ2) is 9.34. The molecule has 0 unspecified atom stereocenters. The molecular formula is C21H23FN2O6S. The number of anilines is 2. The summed E-state index contributed by atoms with van der Waals surface area (Å²) in [7, 11) is -4.10. The average molecular weight is 450 g/mol. The van der Waals surface area contributed by atoms with Crippen LogP contribution in [0.2, 0.25) is 0 Å². The van der Waals surface area contributed by atoms with E-state index in [1.165, 1.54) is 30.3 Å². The Labute approximate surface area is 179 Å². The summed E-state index contributed by atoms with van der Waals surface area (Å²) < 4.78 is 45.8. The summed E-state index contributed by atoms with van der Waals surface area (Å²) in [6, 6.07) is 8.65. The molecule has 0 amide bonds. The number of hydrogen-bond donors (Lipinski definition) is 2. The number of nitrogens with zero attached hydrogens (tertiary/aromatic N) is 1. The third-order valence-electron chi connectivity index (χ3n) is 4.97. The van der Waals surface area contributed by atoms with Gasteiger partial charge in [0.05, 0.1) is 28.7 Å². The van der Waals surface area contributed by atoms with Gasteiger partial charge in [-0.3, -0.25) is 9.52 Å². The zero-order valence-corrected chi connectivity index (χ0v) is 17.7. The first-order valence-corrected chi connectivity index (χ1v) is 11.3. The fourth-order valence-corrected chi connectivity index (χ4v) is 4.62. The zero-order chi connectivity index (χ0) is 22.6. The van der Waals surface area contributed by atoms with E-state index in [4.69, 9.17) is 4.74 Å². The molecule has 0 radical (unpaired) electrons. The van der Waals surface area contributed by atoms with E-state index in [1.807, 2.05) is 0 Å². The molecule has 0 spiro atoms. The van der Waals surface area contributed by atoms with Crippen molar-refractivity contribution in [3.8, 4) is 0 Å². The van der Waals surface area contributed by atoms with E-state index in [-0.39, 0.29) is 34.6 Å². The highest BCUT2D eigenvalue weighted by Crippen LogP contribution is 2.30. The molecule has 1 heterocycles. The second-order valence-electron chi connectivity index (χ2n) is 7.14. The SMILES string of the molecule is CCOC(=O)[C@@H]1CCCN(c2ccc(NS(=O)(=O)c3cccc(F)c3)cc2C(=O)O)C1. The lowest BCUT2D eigenvalue weighted by atomic mass is 9.97. The molecular weight excluding hydrogens is 427 g/mol. The zero-order valence-electron chi connectivity index (χ0n) is 16.9. The molecule has 1 saturated heterocycles. The van der Waals surface area contributed by atoms with Crippen LogP contribution in [0.15, 0.2) is 47.4 Å². The molecule has 1 atom stereocenters. The fraction of sp³-hybridized carbons (Fsp3) is 0.333. The molecule has 2 aromatic carbocycles. The minimum Gasteiger partial charge on any atom is -0.478 e. The van der Waals surface area contributed by atoms with Crippen LogP contribution >= 0.6 is 0 Å². The van der Waals surface area contributed by atoms with Crippen LogP contribution in [-0.4, -0.2) is 45.2 Å². The number of halogens is 1. The molecule has 2 aromatic rings. The van der Waals surface area contributed by atoms with Crippen molar-refractivity contribution in [2.24, 2.45) is 5.92 Å². The van der Waals surface area contributed by atoms with Crippen LogP contribution < -0.4 is 9.62 Å². The van der Waals surface area contributed by atoms with Gasteiger partial charge in [0.1, 0.15) is 5.82 Å². The van der Waals surface area contributed by atoms with Crippen molar-refractivity contribution >= 4 is 33.3 Å². The Balaban J connectivity index is 1.86. The maximum absolute atomic E-state index is 13.4. The Morgan fingerprint density at radius 1 is 1.26 bits per heavy atom. The van der Waals surface area contributed by atoms with Crippen molar-refractivity contribution in [3.05, 3.63) is 53.8 Å². The van der Waals surface area contributed by atoms with E-state index in [0.29, 0.717) is 31.6 Å². The number of nitrogens with one attached hydrogen (secondary N) is 1. The van der Waals surface area contributed by atoms with Crippen LogP contribution in [0, 0.1) is 11.7 Å². The first-order chi connectivity index (χ1) is 14.7. The molecule has 0 bridgehead atoms. The molecule has 1 aliphatic heterocycles. The molecule has 31 heavy (non-hydrogen) atoms. The normalized spacial score (nSPS) is 16.6. The summed E-state index contributed by atoms with van der Waals surface area (Å²) in [6.45, 7) is 2.87. The number of carboxylic acid groups (broad SMARTS) is 1. The average Bonchev–Trinajstić information content (AvgIpc) is 2.73. The second-order valence-corrected chi connectivity index (χ2v) is 8.82. The predicted molar refractivity (Wildman–Crippen MR) is 112 cm³/mol. The molecule has 0 aromatic heterocycles. The number of benzene rings is 2. The van der Waals surface area contributed by atoms with Crippen molar-refractivity contribution in [2.75, 3.05) is 29.3 Å². The van der Waals surface area contributed by atoms with E-state index in [9.17, 15) is 27.5 Å². The van der Waals surface area contributed by atoms with Crippen molar-refractivity contribution in [1.29, 1.82) is 0 Å². The molecule has 1 aliphatic rings. The third-order valence-corrected chi connectivity index (χ3v) is 6.35. The van der Waals surface area contributed by atoms with Crippen LogP contribution in [0.3, 0.4) is 0 Å². The lowest BCUT2D eigenvalue weighted by Gasteiger charge is -2.34. The van der Waals surface area contributed by atoms with Crippen molar-refractivity contribution in [2.45, 2.75) is 24.7 Å². The topological polar surface area (TPSA) is 113 Å². The van der Waals surface area contributed by atoms with Crippen molar-refractivity contribution < 1.29 is 32.2 Å². The van der Waals surface area contributed by atoms with E-state index < -0.39 is 21.8 Å². The number of carboxylic acids is 1. The third kappa shape index (κ3) is 5.32. The van der Waals surface area contributed by atoms with Gasteiger partial charge in [0.15, 0.2) is 0 Å². The van der Waals surface area contributed by atoms with Gasteiger partial charge >= 0.3 is 11.9 Å². The standard InChI is InChI=1S/C21H23FN2O6S/c1-2-30-21(27)14-5-4-10-24(13-14)19-9-8-16(12-18(19)20(25)26)23-31(28,29)17-7-3-6-15(22)11-17/h3,6-9,11-12,14,23H,2,4-5,10,13H2,1H3,(H,25,26)/t14-/m1/s1. The van der Waals surface area contributed by atoms with Gasteiger partial charge < -0.3 is 14.7 Å². The number of esters is 1. The summed E-state index contributed by atoms with van der Waals surface area (Å²) in [5, 5.41) is 9.69. The van der Waals surface area contributed by atoms with Gasteiger partial charge in [-0.1, -0.05) is 6.07 Å². The number of rotatable bonds is 7. The fourth-order valence-electron chi connectivity index (χ4n) is 3.54. The van der Waals surface area contributed by atoms with Crippen molar-refractivity contribution in [3.63, 3.8) is 0 Å². The summed E-state index contributed by atoms with van der Waals surface area (Å²) in [5.41, 5.74) is 0.309. The van der Waals surface area contributed by atoms with Gasteiger partial charge in [0, 0.05) is 18.8 Å². The molecule has 2 N–H and O–H groups in total. The Morgan fingerprint density at radius 2 is 2.03 bits per heavy atom. The number of carbonyl (C=O) groups excluding carboxylic acids is 1. The van der Waals surface area contributed by atoms with Crippen LogP contribution in [0.1, 0.15) is 30.1 Å². The van der Waals surface area contributed by atoms with Crippen LogP contribution in [0.4, 0.5) is 15.8 Å².